The summed E-state index contributed by atoms with van der Waals surface area (Å²) in [6.45, 7) is 7.79. The predicted octanol–water partition coefficient (Wildman–Crippen LogP) is 2.55. The van der Waals surface area contributed by atoms with Crippen LogP contribution in [-0.4, -0.2) is 60.9 Å². The van der Waals surface area contributed by atoms with Crippen molar-refractivity contribution in [2.75, 3.05) is 45.1 Å². The Hall–Kier alpha value is -1.04. The Bertz CT molecular complexity index is 514. The summed E-state index contributed by atoms with van der Waals surface area (Å²) in [7, 11) is 0. The first-order valence-corrected chi connectivity index (χ1v) is 9.63. The summed E-state index contributed by atoms with van der Waals surface area (Å²) < 4.78 is 5.38. The van der Waals surface area contributed by atoms with Gasteiger partial charge in [-0.3, -0.25) is 9.69 Å². The van der Waals surface area contributed by atoms with Gasteiger partial charge in [-0.1, -0.05) is 31.2 Å². The highest BCUT2D eigenvalue weighted by molar-refractivity contribution is 8.00. The van der Waals surface area contributed by atoms with E-state index in [9.17, 15) is 4.79 Å². The molecular formula is C18H26N2O2S. The van der Waals surface area contributed by atoms with Crippen molar-refractivity contribution in [2.24, 2.45) is 0 Å². The molecule has 126 valence electrons. The monoisotopic (exact) mass is 334 g/mol. The van der Waals surface area contributed by atoms with Crippen LogP contribution in [0.2, 0.25) is 0 Å². The number of ether oxygens (including phenoxy) is 1. The van der Waals surface area contributed by atoms with Crippen molar-refractivity contribution in [2.45, 2.75) is 25.1 Å². The van der Waals surface area contributed by atoms with Crippen molar-refractivity contribution in [3.05, 3.63) is 35.4 Å². The molecule has 0 radical (unpaired) electrons. The smallest absolute Gasteiger partial charge is 0.233 e. The quantitative estimate of drug-likeness (QED) is 0.800. The molecule has 2 aliphatic rings. The lowest BCUT2D eigenvalue weighted by Gasteiger charge is -2.29. The fraction of sp³-hybridized carbons (Fsp3) is 0.611. The largest absolute Gasteiger partial charge is 0.379 e. The van der Waals surface area contributed by atoms with E-state index in [1.54, 1.807) is 11.8 Å². The lowest BCUT2D eigenvalue weighted by atomic mass is 10.1. The Morgan fingerprint density at radius 1 is 1.17 bits per heavy atom. The van der Waals surface area contributed by atoms with E-state index in [-0.39, 0.29) is 11.3 Å². The summed E-state index contributed by atoms with van der Waals surface area (Å²) >= 11 is 1.75. The van der Waals surface area contributed by atoms with Gasteiger partial charge in [0.05, 0.1) is 19.0 Å². The molecule has 0 saturated carbocycles. The maximum atomic E-state index is 12.2. The molecular weight excluding hydrogens is 308 g/mol. The molecule has 2 saturated heterocycles. The lowest BCUT2D eigenvalue weighted by Crippen LogP contribution is -2.38. The van der Waals surface area contributed by atoms with Gasteiger partial charge < -0.3 is 9.64 Å². The van der Waals surface area contributed by atoms with Crippen LogP contribution in [0.15, 0.2) is 24.3 Å². The minimum absolute atomic E-state index is 0.193. The number of thioether (sulfide) groups is 1. The summed E-state index contributed by atoms with van der Waals surface area (Å²) in [5, 5.41) is 0.193. The van der Waals surface area contributed by atoms with Gasteiger partial charge in [0.25, 0.3) is 0 Å². The van der Waals surface area contributed by atoms with E-state index in [4.69, 9.17) is 4.74 Å². The number of carbonyl (C=O) groups excluding carboxylic acids is 1. The van der Waals surface area contributed by atoms with Crippen molar-refractivity contribution in [3.8, 4) is 0 Å². The second kappa shape index (κ2) is 8.18. The van der Waals surface area contributed by atoms with Gasteiger partial charge in [0.1, 0.15) is 5.37 Å². The number of benzene rings is 1. The first-order valence-electron chi connectivity index (χ1n) is 8.58. The van der Waals surface area contributed by atoms with Crippen LogP contribution >= 0.6 is 11.8 Å². The van der Waals surface area contributed by atoms with Gasteiger partial charge in [-0.25, -0.2) is 0 Å². The number of nitrogens with zero attached hydrogens (tertiary/aromatic N) is 2. The second-order valence-electron chi connectivity index (χ2n) is 6.15. The molecule has 2 fully saturated rings. The van der Waals surface area contributed by atoms with Crippen LogP contribution < -0.4 is 0 Å². The fourth-order valence-electron chi connectivity index (χ4n) is 3.18. The van der Waals surface area contributed by atoms with E-state index >= 15 is 0 Å². The molecule has 1 aromatic rings. The normalized spacial score (nSPS) is 22.7. The Labute approximate surface area is 143 Å². The Morgan fingerprint density at radius 3 is 2.61 bits per heavy atom. The van der Waals surface area contributed by atoms with Crippen LogP contribution in [0.5, 0.6) is 0 Å². The third-order valence-corrected chi connectivity index (χ3v) is 5.87. The minimum Gasteiger partial charge on any atom is -0.379 e. The van der Waals surface area contributed by atoms with Crippen LogP contribution in [0, 0.1) is 0 Å². The van der Waals surface area contributed by atoms with Crippen molar-refractivity contribution in [1.29, 1.82) is 0 Å². The molecule has 0 aliphatic carbocycles. The zero-order chi connectivity index (χ0) is 16.1. The van der Waals surface area contributed by atoms with Crippen LogP contribution in [0.1, 0.15) is 29.8 Å². The molecule has 1 aromatic carbocycles. The predicted molar refractivity (Wildman–Crippen MR) is 94.6 cm³/mol. The van der Waals surface area contributed by atoms with E-state index < -0.39 is 0 Å². The first kappa shape index (κ1) is 16.8. The van der Waals surface area contributed by atoms with Crippen LogP contribution in [0.25, 0.3) is 0 Å². The number of rotatable bonds is 6. The number of hydrogen-bond acceptors (Lipinski definition) is 4. The third-order valence-electron chi connectivity index (χ3n) is 4.62. The van der Waals surface area contributed by atoms with Crippen molar-refractivity contribution in [3.63, 3.8) is 0 Å². The number of amides is 1. The topological polar surface area (TPSA) is 32.8 Å². The maximum absolute atomic E-state index is 12.2. The second-order valence-corrected chi connectivity index (χ2v) is 7.22. The number of carbonyl (C=O) groups is 1. The number of hydrogen-bond donors (Lipinski definition) is 0. The Kier molecular flexibility index (Phi) is 5.97. The molecule has 1 unspecified atom stereocenters. The van der Waals surface area contributed by atoms with Crippen molar-refractivity contribution in [1.82, 2.24) is 9.80 Å². The average molecular weight is 334 g/mol. The summed E-state index contributed by atoms with van der Waals surface area (Å²) in [5.41, 5.74) is 2.60. The zero-order valence-electron chi connectivity index (χ0n) is 13.9. The average Bonchev–Trinajstić information content (AvgIpc) is 2.97. The Morgan fingerprint density at radius 2 is 1.91 bits per heavy atom. The van der Waals surface area contributed by atoms with E-state index in [0.29, 0.717) is 5.75 Å². The number of aryl methyl sites for hydroxylation is 1. The van der Waals surface area contributed by atoms with Gasteiger partial charge in [0.15, 0.2) is 0 Å². The van der Waals surface area contributed by atoms with Gasteiger partial charge in [0, 0.05) is 26.2 Å². The van der Waals surface area contributed by atoms with Gasteiger partial charge in [-0.05, 0) is 24.0 Å². The lowest BCUT2D eigenvalue weighted by molar-refractivity contribution is -0.128. The fourth-order valence-corrected chi connectivity index (χ4v) is 4.40. The molecule has 4 nitrogen and oxygen atoms in total. The van der Waals surface area contributed by atoms with Gasteiger partial charge >= 0.3 is 0 Å². The minimum atomic E-state index is 0.193. The van der Waals surface area contributed by atoms with E-state index in [0.717, 1.165) is 52.2 Å². The third kappa shape index (κ3) is 4.28. The first-order chi connectivity index (χ1) is 11.3. The molecule has 1 atom stereocenters. The molecule has 0 N–H and O–H groups in total. The van der Waals surface area contributed by atoms with E-state index in [1.807, 2.05) is 0 Å². The van der Waals surface area contributed by atoms with Crippen molar-refractivity contribution >= 4 is 17.7 Å². The summed E-state index contributed by atoms with van der Waals surface area (Å²) in [5.74, 6) is 0.888. The maximum Gasteiger partial charge on any atom is 0.233 e. The van der Waals surface area contributed by atoms with E-state index in [1.165, 1.54) is 11.1 Å². The molecule has 5 heteroatoms. The van der Waals surface area contributed by atoms with Gasteiger partial charge in [-0.15, -0.1) is 11.8 Å². The molecule has 0 aromatic heterocycles. The van der Waals surface area contributed by atoms with Gasteiger partial charge in [-0.2, -0.15) is 0 Å². The standard InChI is InChI=1S/C18H26N2O2S/c1-2-15-4-6-16(7-5-15)18-20(17(21)14-23-18)9-3-8-19-10-12-22-13-11-19/h4-7,18H,2-3,8-14H2,1H3. The SMILES string of the molecule is CCc1ccc(C2SCC(=O)N2CCCN2CCOCC2)cc1. The molecule has 2 heterocycles. The highest BCUT2D eigenvalue weighted by Gasteiger charge is 2.32. The Balaban J connectivity index is 1.55. The zero-order valence-corrected chi connectivity index (χ0v) is 14.7. The van der Waals surface area contributed by atoms with Crippen molar-refractivity contribution < 1.29 is 9.53 Å². The van der Waals surface area contributed by atoms with Crippen LogP contribution in [0.4, 0.5) is 0 Å². The van der Waals surface area contributed by atoms with E-state index in [2.05, 4.69) is 41.0 Å². The summed E-state index contributed by atoms with van der Waals surface area (Å²) in [6.07, 6.45) is 2.09. The highest BCUT2D eigenvalue weighted by atomic mass is 32.2. The molecule has 0 bridgehead atoms. The van der Waals surface area contributed by atoms with Crippen LogP contribution in [-0.2, 0) is 16.0 Å². The van der Waals surface area contributed by atoms with Crippen LogP contribution in [0.3, 0.4) is 0 Å². The summed E-state index contributed by atoms with van der Waals surface area (Å²) in [4.78, 5) is 16.7. The van der Waals surface area contributed by atoms with Gasteiger partial charge in [0.2, 0.25) is 5.91 Å². The molecule has 23 heavy (non-hydrogen) atoms. The molecule has 0 spiro atoms. The highest BCUT2D eigenvalue weighted by Crippen LogP contribution is 2.38. The molecule has 1 amide bonds. The summed E-state index contributed by atoms with van der Waals surface area (Å²) in [6, 6.07) is 8.74. The number of morpholine rings is 1. The molecule has 3 rings (SSSR count). The molecule has 2 aliphatic heterocycles.